The van der Waals surface area contributed by atoms with E-state index in [-0.39, 0.29) is 17.6 Å². The lowest BCUT2D eigenvalue weighted by atomic mass is 9.85. The molecule has 1 fully saturated rings. The van der Waals surface area contributed by atoms with Gasteiger partial charge in [0.05, 0.1) is 27.3 Å². The van der Waals surface area contributed by atoms with Crippen molar-refractivity contribution in [2.45, 2.75) is 45.2 Å². The summed E-state index contributed by atoms with van der Waals surface area (Å²) in [5.74, 6) is 1.32. The van der Waals surface area contributed by atoms with Crippen LogP contribution in [0.4, 0.5) is 5.82 Å². The second kappa shape index (κ2) is 10.1. The van der Waals surface area contributed by atoms with Crippen molar-refractivity contribution in [2.75, 3.05) is 12.4 Å². The number of halogens is 1. The number of benzene rings is 1. The lowest BCUT2D eigenvalue weighted by Gasteiger charge is -2.29. The molecule has 1 aromatic carbocycles. The highest BCUT2D eigenvalue weighted by atomic mass is 35.5. The van der Waals surface area contributed by atoms with Crippen LogP contribution in [0.1, 0.15) is 41.7 Å². The van der Waals surface area contributed by atoms with E-state index in [0.717, 1.165) is 36.7 Å². The van der Waals surface area contributed by atoms with Gasteiger partial charge in [-0.3, -0.25) is 14.3 Å². The van der Waals surface area contributed by atoms with E-state index < -0.39 is 0 Å². The predicted molar refractivity (Wildman–Crippen MR) is 140 cm³/mol. The number of anilines is 1. The summed E-state index contributed by atoms with van der Waals surface area (Å²) < 4.78 is 3.46. The Bertz CT molecular complexity index is 1450. The number of fused-ring (bicyclic) bond motifs is 1. The maximum atomic E-state index is 13.5. The minimum atomic E-state index is -0.143. The topological polar surface area (TPSA) is 107 Å². The maximum absolute atomic E-state index is 13.5. The molecule has 0 bridgehead atoms. The lowest BCUT2D eigenvalue weighted by Crippen LogP contribution is -2.39. The van der Waals surface area contributed by atoms with E-state index >= 15 is 0 Å². The second-order valence-electron chi connectivity index (χ2n) is 9.22. The number of hydrogen-bond donors (Lipinski definition) is 2. The van der Waals surface area contributed by atoms with Gasteiger partial charge < -0.3 is 10.6 Å². The summed E-state index contributed by atoms with van der Waals surface area (Å²) >= 11 is 6.03. The number of hydrogen-bond acceptors (Lipinski definition) is 6. The Balaban J connectivity index is 1.30. The zero-order chi connectivity index (χ0) is 25.2. The number of para-hydroxylation sites is 2. The van der Waals surface area contributed by atoms with E-state index in [9.17, 15) is 9.59 Å². The third-order valence-corrected chi connectivity index (χ3v) is 7.10. The molecule has 10 heteroatoms. The van der Waals surface area contributed by atoms with E-state index in [1.807, 2.05) is 28.8 Å². The Kier molecular flexibility index (Phi) is 6.73. The van der Waals surface area contributed by atoms with Crippen LogP contribution in [0.25, 0.3) is 16.9 Å². The number of nitrogens with one attached hydrogen (secondary N) is 2. The van der Waals surface area contributed by atoms with Crippen LogP contribution < -0.4 is 16.3 Å². The molecule has 0 unspecified atom stereocenters. The summed E-state index contributed by atoms with van der Waals surface area (Å²) in [6.07, 6.45) is 5.09. The molecule has 0 aliphatic heterocycles. The first-order valence-electron chi connectivity index (χ1n) is 12.1. The molecule has 3 aromatic heterocycles. The largest absolute Gasteiger partial charge is 0.372 e. The second-order valence-corrected chi connectivity index (χ2v) is 9.66. The Morgan fingerprint density at radius 1 is 1.08 bits per heavy atom. The number of aryl methyl sites for hydroxylation is 1. The zero-order valence-corrected chi connectivity index (χ0v) is 21.0. The van der Waals surface area contributed by atoms with Crippen molar-refractivity contribution in [2.24, 2.45) is 5.92 Å². The summed E-state index contributed by atoms with van der Waals surface area (Å²) in [5, 5.41) is 14.9. The number of nitrogens with zero attached hydrogens (tertiary/aromatic N) is 5. The average molecular weight is 506 g/mol. The van der Waals surface area contributed by atoms with Gasteiger partial charge in [0.15, 0.2) is 5.82 Å². The summed E-state index contributed by atoms with van der Waals surface area (Å²) in [5.41, 5.74) is 2.73. The van der Waals surface area contributed by atoms with Crippen molar-refractivity contribution in [3.63, 3.8) is 0 Å². The molecule has 3 heterocycles. The molecule has 1 aliphatic carbocycles. The molecule has 186 valence electrons. The Hall–Kier alpha value is -3.72. The van der Waals surface area contributed by atoms with Crippen LogP contribution in [0.15, 0.2) is 53.5 Å². The summed E-state index contributed by atoms with van der Waals surface area (Å²) in [6, 6.07) is 13.1. The van der Waals surface area contributed by atoms with Crippen molar-refractivity contribution in [3.05, 3.63) is 75.4 Å². The molecule has 4 aromatic rings. The number of aromatic nitrogens is 5. The van der Waals surface area contributed by atoms with Crippen molar-refractivity contribution in [1.82, 2.24) is 29.6 Å². The van der Waals surface area contributed by atoms with Crippen LogP contribution >= 0.6 is 11.6 Å². The first-order valence-corrected chi connectivity index (χ1v) is 12.5. The van der Waals surface area contributed by atoms with Crippen LogP contribution in [-0.4, -0.2) is 43.3 Å². The quantitative estimate of drug-likeness (QED) is 0.410. The van der Waals surface area contributed by atoms with E-state index in [4.69, 9.17) is 11.6 Å². The summed E-state index contributed by atoms with van der Waals surface area (Å²) in [6.45, 7) is 2.42. The fourth-order valence-corrected chi connectivity index (χ4v) is 5.09. The normalized spacial score (nSPS) is 17.8. The zero-order valence-electron chi connectivity index (χ0n) is 20.2. The van der Waals surface area contributed by atoms with Gasteiger partial charge in [-0.05, 0) is 68.9 Å². The van der Waals surface area contributed by atoms with E-state index in [1.165, 1.54) is 0 Å². The smallest absolute Gasteiger partial charge is 0.334 e. The Morgan fingerprint density at radius 2 is 1.83 bits per heavy atom. The molecule has 5 rings (SSSR count). The molecule has 0 saturated heterocycles. The van der Waals surface area contributed by atoms with Crippen LogP contribution in [0.5, 0.6) is 0 Å². The average Bonchev–Trinajstić information content (AvgIpc) is 3.17. The van der Waals surface area contributed by atoms with Crippen LogP contribution in [0.3, 0.4) is 0 Å². The first kappa shape index (κ1) is 24.0. The molecule has 0 radical (unpaired) electrons. The molecule has 9 nitrogen and oxygen atoms in total. The van der Waals surface area contributed by atoms with Crippen molar-refractivity contribution in [1.29, 1.82) is 0 Å². The fourth-order valence-electron chi connectivity index (χ4n) is 4.93. The Morgan fingerprint density at radius 3 is 2.53 bits per heavy atom. The SMILES string of the molecule is CNc1ccc(-n2c(=O)n(C[C@H]3CC[C@H](NC(=O)c4cc(Cl)cnc4C)CC3)c3ccccc32)nn1. The number of pyridine rings is 1. The molecular weight excluding hydrogens is 478 g/mol. The highest BCUT2D eigenvalue weighted by Crippen LogP contribution is 2.27. The number of carbonyl (C=O) groups is 1. The maximum Gasteiger partial charge on any atom is 0.334 e. The van der Waals surface area contributed by atoms with Gasteiger partial charge >= 0.3 is 5.69 Å². The highest BCUT2D eigenvalue weighted by Gasteiger charge is 2.26. The van der Waals surface area contributed by atoms with Gasteiger partial charge in [-0.25, -0.2) is 9.36 Å². The summed E-state index contributed by atoms with van der Waals surface area (Å²) in [4.78, 5) is 30.4. The molecular formula is C26H28ClN7O2. The molecule has 1 saturated carbocycles. The van der Waals surface area contributed by atoms with Crippen molar-refractivity contribution >= 4 is 34.4 Å². The van der Waals surface area contributed by atoms with Crippen LogP contribution in [0.2, 0.25) is 5.02 Å². The summed E-state index contributed by atoms with van der Waals surface area (Å²) in [7, 11) is 1.78. The number of amides is 1. The molecule has 1 amide bonds. The van der Waals surface area contributed by atoms with E-state index in [2.05, 4.69) is 25.8 Å². The van der Waals surface area contributed by atoms with Gasteiger partial charge in [0.25, 0.3) is 5.91 Å². The third-order valence-electron chi connectivity index (χ3n) is 6.89. The molecule has 0 atom stereocenters. The number of carbonyl (C=O) groups excluding carboxylic acids is 1. The van der Waals surface area contributed by atoms with Crippen LogP contribution in [-0.2, 0) is 6.54 Å². The molecule has 2 N–H and O–H groups in total. The number of imidazole rings is 1. The monoisotopic (exact) mass is 505 g/mol. The third kappa shape index (κ3) is 4.70. The van der Waals surface area contributed by atoms with Gasteiger partial charge in [0.1, 0.15) is 5.82 Å². The highest BCUT2D eigenvalue weighted by molar-refractivity contribution is 6.30. The van der Waals surface area contributed by atoms with Gasteiger partial charge in [-0.1, -0.05) is 23.7 Å². The predicted octanol–water partition coefficient (Wildman–Crippen LogP) is 3.97. The fraction of sp³-hybridized carbons (Fsp3) is 0.346. The molecule has 0 spiro atoms. The molecule has 36 heavy (non-hydrogen) atoms. The Labute approximate surface area is 213 Å². The van der Waals surface area contributed by atoms with E-state index in [1.54, 1.807) is 42.9 Å². The minimum absolute atomic E-state index is 0.0890. The van der Waals surface area contributed by atoms with Gasteiger partial charge in [-0.15, -0.1) is 10.2 Å². The van der Waals surface area contributed by atoms with Crippen LogP contribution in [0, 0.1) is 12.8 Å². The number of rotatable bonds is 6. The van der Waals surface area contributed by atoms with E-state index in [0.29, 0.717) is 40.4 Å². The van der Waals surface area contributed by atoms with Crippen molar-refractivity contribution in [3.8, 4) is 5.82 Å². The first-order chi connectivity index (χ1) is 17.4. The van der Waals surface area contributed by atoms with Gasteiger partial charge in [-0.2, -0.15) is 0 Å². The van der Waals surface area contributed by atoms with Crippen molar-refractivity contribution < 1.29 is 4.79 Å². The van der Waals surface area contributed by atoms with Gasteiger partial charge in [0.2, 0.25) is 0 Å². The lowest BCUT2D eigenvalue weighted by molar-refractivity contribution is 0.0919. The minimum Gasteiger partial charge on any atom is -0.372 e. The molecule has 1 aliphatic rings. The van der Waals surface area contributed by atoms with Gasteiger partial charge in [0, 0.05) is 25.8 Å². The standard InChI is InChI=1S/C26H28ClN7O2/c1-16-20(13-18(27)14-29-16)25(35)30-19-9-7-17(8-10-19)15-33-21-5-3-4-6-22(21)34(26(33)36)24-12-11-23(28-2)31-32-24/h3-6,11-14,17,19H,7-10,15H2,1-2H3,(H,28,31)(H,30,35)/t17-,19-.